The van der Waals surface area contributed by atoms with Crippen molar-refractivity contribution in [2.24, 2.45) is 0 Å². The molecule has 0 saturated heterocycles. The van der Waals surface area contributed by atoms with Gasteiger partial charge in [-0.15, -0.1) is 11.3 Å². The molecule has 0 spiro atoms. The summed E-state index contributed by atoms with van der Waals surface area (Å²) in [5.74, 6) is -1.13. The molecule has 0 radical (unpaired) electrons. The quantitative estimate of drug-likeness (QED) is 0.635. The Morgan fingerprint density at radius 3 is 2.44 bits per heavy atom. The van der Waals surface area contributed by atoms with Crippen LogP contribution in [0.1, 0.15) is 61.5 Å². The maximum atomic E-state index is 13.3. The Balaban J connectivity index is 1.59. The zero-order valence-electron chi connectivity index (χ0n) is 15.9. The lowest BCUT2D eigenvalue weighted by atomic mass is 9.77. The van der Waals surface area contributed by atoms with Gasteiger partial charge >= 0.3 is 0 Å². The Labute approximate surface area is 164 Å². The molecular weight excluding hydrogens is 364 g/mol. The summed E-state index contributed by atoms with van der Waals surface area (Å²) < 4.78 is 26.6. The number of aryl methyl sites for hydroxylation is 2. The minimum atomic E-state index is -0.567. The van der Waals surface area contributed by atoms with Gasteiger partial charge in [-0.25, -0.2) is 8.78 Å². The highest BCUT2D eigenvalue weighted by atomic mass is 32.1. The second kappa shape index (κ2) is 9.26. The lowest BCUT2D eigenvalue weighted by molar-refractivity contribution is 0.132. The highest BCUT2D eigenvalue weighted by Gasteiger charge is 2.34. The van der Waals surface area contributed by atoms with Crippen molar-refractivity contribution in [3.05, 3.63) is 57.3 Å². The summed E-state index contributed by atoms with van der Waals surface area (Å²) in [6.45, 7) is 2.67. The van der Waals surface area contributed by atoms with Crippen molar-refractivity contribution in [2.45, 2.75) is 69.9 Å². The Bertz CT molecular complexity index is 719. The van der Waals surface area contributed by atoms with Crippen molar-refractivity contribution in [3.8, 4) is 0 Å². The van der Waals surface area contributed by atoms with Crippen LogP contribution in [0.3, 0.4) is 0 Å². The van der Waals surface area contributed by atoms with Crippen molar-refractivity contribution >= 4 is 11.3 Å². The smallest absolute Gasteiger partial charge is 0.126 e. The van der Waals surface area contributed by atoms with E-state index in [1.807, 2.05) is 11.3 Å². The molecule has 1 unspecified atom stereocenters. The predicted molar refractivity (Wildman–Crippen MR) is 107 cm³/mol. The van der Waals surface area contributed by atoms with Crippen LogP contribution >= 0.6 is 11.3 Å². The average molecular weight is 394 g/mol. The largest absolute Gasteiger partial charge is 0.392 e. The highest BCUT2D eigenvalue weighted by molar-refractivity contribution is 7.10. The second-order valence-electron chi connectivity index (χ2n) is 7.65. The van der Waals surface area contributed by atoms with Crippen LogP contribution in [0.4, 0.5) is 8.78 Å². The molecular formula is C22H29F2NOS. The number of hydrogen-bond acceptors (Lipinski definition) is 3. The van der Waals surface area contributed by atoms with Gasteiger partial charge in [0.2, 0.25) is 0 Å². The van der Waals surface area contributed by atoms with Crippen molar-refractivity contribution in [2.75, 3.05) is 6.54 Å². The molecule has 0 amide bonds. The van der Waals surface area contributed by atoms with Crippen molar-refractivity contribution in [1.29, 1.82) is 0 Å². The fourth-order valence-corrected chi connectivity index (χ4v) is 4.98. The van der Waals surface area contributed by atoms with E-state index < -0.39 is 17.7 Å². The van der Waals surface area contributed by atoms with Crippen LogP contribution in [0.15, 0.2) is 29.6 Å². The van der Waals surface area contributed by atoms with Gasteiger partial charge in [0.1, 0.15) is 11.6 Å². The monoisotopic (exact) mass is 393 g/mol. The van der Waals surface area contributed by atoms with Crippen molar-refractivity contribution < 1.29 is 13.9 Å². The number of benzene rings is 1. The van der Waals surface area contributed by atoms with E-state index in [4.69, 9.17) is 0 Å². The van der Waals surface area contributed by atoms with Crippen LogP contribution in [0.2, 0.25) is 0 Å². The molecule has 2 N–H and O–H groups in total. The minimum absolute atomic E-state index is 0.0475. The number of thiophene rings is 1. The molecule has 2 nitrogen and oxygen atoms in total. The summed E-state index contributed by atoms with van der Waals surface area (Å²) in [6, 6.07) is 5.86. The standard InChI is InChI=1S/C22H29F2NOS/c1-2-21-12-17(15-27-21)22(8-4-3-5-9-22)25-14-20(26)7-6-16-10-18(23)13-19(24)11-16/h10-13,15,20,25-26H,2-9,14H2,1H3. The molecule has 5 heteroatoms. The van der Waals surface area contributed by atoms with Crippen LogP contribution in [-0.2, 0) is 18.4 Å². The maximum absolute atomic E-state index is 13.3. The number of hydrogen-bond donors (Lipinski definition) is 2. The number of halogens is 2. The van der Waals surface area contributed by atoms with Crippen LogP contribution in [0.5, 0.6) is 0 Å². The molecule has 148 valence electrons. The molecule has 1 heterocycles. The van der Waals surface area contributed by atoms with Crippen LogP contribution in [0, 0.1) is 11.6 Å². The third-order valence-corrected chi connectivity index (χ3v) is 6.71. The minimum Gasteiger partial charge on any atom is -0.392 e. The zero-order valence-corrected chi connectivity index (χ0v) is 16.8. The van der Waals surface area contributed by atoms with E-state index in [1.54, 1.807) is 0 Å². The molecule has 2 aromatic rings. The summed E-state index contributed by atoms with van der Waals surface area (Å²) in [5, 5.41) is 16.4. The van der Waals surface area contributed by atoms with Gasteiger partial charge in [-0.2, -0.15) is 0 Å². The van der Waals surface area contributed by atoms with Crippen LogP contribution in [0.25, 0.3) is 0 Å². The van der Waals surface area contributed by atoms with Gasteiger partial charge < -0.3 is 10.4 Å². The SMILES string of the molecule is CCc1cc(C2(NCC(O)CCc3cc(F)cc(F)c3)CCCCC2)cs1. The summed E-state index contributed by atoms with van der Waals surface area (Å²) in [5.41, 5.74) is 1.89. The van der Waals surface area contributed by atoms with E-state index in [9.17, 15) is 13.9 Å². The highest BCUT2D eigenvalue weighted by Crippen LogP contribution is 2.39. The normalized spacial score (nSPS) is 17.8. The van der Waals surface area contributed by atoms with E-state index in [0.717, 1.165) is 25.3 Å². The lowest BCUT2D eigenvalue weighted by Crippen LogP contribution is -2.46. The fourth-order valence-electron chi connectivity index (χ4n) is 4.04. The Morgan fingerprint density at radius 1 is 1.11 bits per heavy atom. The molecule has 1 aromatic heterocycles. The second-order valence-corrected chi connectivity index (χ2v) is 8.64. The fraction of sp³-hybridized carbons (Fsp3) is 0.545. The van der Waals surface area contributed by atoms with Gasteiger partial charge in [-0.05, 0) is 66.8 Å². The number of aliphatic hydroxyl groups is 1. The predicted octanol–water partition coefficient (Wildman–Crippen LogP) is 5.33. The Morgan fingerprint density at radius 2 is 1.81 bits per heavy atom. The first-order valence-corrected chi connectivity index (χ1v) is 10.8. The third kappa shape index (κ3) is 5.37. The molecule has 27 heavy (non-hydrogen) atoms. The number of aliphatic hydroxyl groups excluding tert-OH is 1. The molecule has 1 fully saturated rings. The van der Waals surface area contributed by atoms with Gasteiger partial charge in [0.15, 0.2) is 0 Å². The maximum Gasteiger partial charge on any atom is 0.126 e. The lowest BCUT2D eigenvalue weighted by Gasteiger charge is -2.39. The molecule has 1 aliphatic rings. The van der Waals surface area contributed by atoms with Crippen molar-refractivity contribution in [1.82, 2.24) is 5.32 Å². The first kappa shape index (κ1) is 20.4. The number of rotatable bonds is 8. The van der Waals surface area contributed by atoms with Gasteiger partial charge in [0, 0.05) is 23.0 Å². The van der Waals surface area contributed by atoms with Gasteiger partial charge in [0.25, 0.3) is 0 Å². The van der Waals surface area contributed by atoms with E-state index >= 15 is 0 Å². The van der Waals surface area contributed by atoms with E-state index in [0.29, 0.717) is 24.9 Å². The van der Waals surface area contributed by atoms with E-state index in [-0.39, 0.29) is 5.54 Å². The van der Waals surface area contributed by atoms with Gasteiger partial charge in [-0.1, -0.05) is 26.2 Å². The van der Waals surface area contributed by atoms with Crippen LogP contribution in [-0.4, -0.2) is 17.8 Å². The first-order chi connectivity index (χ1) is 13.0. The molecule has 1 aromatic carbocycles. The number of nitrogens with one attached hydrogen (secondary N) is 1. The zero-order chi connectivity index (χ0) is 19.3. The summed E-state index contributed by atoms with van der Waals surface area (Å²) >= 11 is 1.81. The average Bonchev–Trinajstić information content (AvgIpc) is 3.15. The molecule has 0 bridgehead atoms. The summed E-state index contributed by atoms with van der Waals surface area (Å²) in [4.78, 5) is 1.39. The summed E-state index contributed by atoms with van der Waals surface area (Å²) in [7, 11) is 0. The van der Waals surface area contributed by atoms with Gasteiger partial charge in [-0.3, -0.25) is 0 Å². The molecule has 1 saturated carbocycles. The molecule has 1 aliphatic carbocycles. The third-order valence-electron chi connectivity index (χ3n) is 5.63. The Kier molecular flexibility index (Phi) is 7.01. The van der Waals surface area contributed by atoms with E-state index in [1.165, 1.54) is 41.8 Å². The molecule has 0 aliphatic heterocycles. The molecule has 1 atom stereocenters. The summed E-state index contributed by atoms with van der Waals surface area (Å²) in [6.07, 6.45) is 7.29. The van der Waals surface area contributed by atoms with Gasteiger partial charge in [0.05, 0.1) is 6.10 Å². The molecule has 3 rings (SSSR count). The Hall–Kier alpha value is -1.30. The van der Waals surface area contributed by atoms with Crippen molar-refractivity contribution in [3.63, 3.8) is 0 Å². The van der Waals surface area contributed by atoms with E-state index in [2.05, 4.69) is 23.7 Å². The topological polar surface area (TPSA) is 32.3 Å². The van der Waals surface area contributed by atoms with Crippen LogP contribution < -0.4 is 5.32 Å². The first-order valence-electron chi connectivity index (χ1n) is 9.97.